The van der Waals surface area contributed by atoms with Crippen LogP contribution in [0, 0.1) is 0 Å². The van der Waals surface area contributed by atoms with Crippen molar-refractivity contribution in [1.29, 1.82) is 0 Å². The molecule has 0 aromatic heterocycles. The lowest BCUT2D eigenvalue weighted by Crippen LogP contribution is -2.65. The molecule has 31 heteroatoms. The van der Waals surface area contributed by atoms with E-state index >= 15 is 0 Å². The molecule has 0 atom stereocenters. The molecule has 0 unspecified atom stereocenters. The molecule has 0 amide bonds. The van der Waals surface area contributed by atoms with Gasteiger partial charge in [0.25, 0.3) is 0 Å². The Morgan fingerprint density at radius 3 is 1.07 bits per heavy atom. The summed E-state index contributed by atoms with van der Waals surface area (Å²) in [6.45, 7) is 3.62. The zero-order chi connectivity index (χ0) is 34.1. The van der Waals surface area contributed by atoms with E-state index in [-0.39, 0.29) is 0 Å². The number of rotatable bonds is 12. The molecule has 0 spiro atoms. The van der Waals surface area contributed by atoms with E-state index in [1.807, 2.05) is 42.3 Å². The van der Waals surface area contributed by atoms with Gasteiger partial charge in [0.05, 0.1) is 83.2 Å². The largest absolute Gasteiger partial charge is 0.833 e. The molecule has 6 aliphatic rings. The third-order valence-electron chi connectivity index (χ3n) is 5.73. The molecule has 0 aromatic carbocycles. The van der Waals surface area contributed by atoms with Crippen LogP contribution in [0.25, 0.3) is 0 Å². The summed E-state index contributed by atoms with van der Waals surface area (Å²) >= 11 is 0. The topological polar surface area (TPSA) is 202 Å². The summed E-state index contributed by atoms with van der Waals surface area (Å²) < 4.78 is 78.0. The van der Waals surface area contributed by atoms with Crippen LogP contribution in [-0.2, 0) is 68.8 Å². The third kappa shape index (κ3) is 17.0. The SMILES string of the molecule is C[N+](C)(C)CCOB(O)O.C[N+](C)(C)CCOB1OB2OB(O1)OB1OB(O2)O1.C[N+](C)(C)CCOB1OB2OB([O-])OB(O1)O2. The second kappa shape index (κ2) is 18.2. The Hall–Kier alpha value is -0.191. The highest BCUT2D eigenvalue weighted by Crippen LogP contribution is 2.22. The lowest BCUT2D eigenvalue weighted by molar-refractivity contribution is -0.870. The van der Waals surface area contributed by atoms with Gasteiger partial charge in [0.1, 0.15) is 19.6 Å². The van der Waals surface area contributed by atoms with Gasteiger partial charge in [-0.3, -0.25) is 0 Å². The van der Waals surface area contributed by atoms with Gasteiger partial charge >= 0.3 is 73.2 Å². The maximum Gasteiger partial charge on any atom is 0.634 e. The monoisotopic (exact) mass is 661 g/mol. The van der Waals surface area contributed by atoms with Gasteiger partial charge in [-0.2, -0.15) is 0 Å². The molecule has 0 aliphatic carbocycles. The van der Waals surface area contributed by atoms with Crippen molar-refractivity contribution in [3.63, 3.8) is 0 Å². The van der Waals surface area contributed by atoms with Crippen LogP contribution in [0.4, 0.5) is 0 Å². The normalized spacial score (nSPS) is 20.0. The molecule has 0 radical (unpaired) electrons. The van der Waals surface area contributed by atoms with Gasteiger partial charge in [-0.15, -0.1) is 0 Å². The van der Waals surface area contributed by atoms with Crippen LogP contribution >= 0.6 is 0 Å². The van der Waals surface area contributed by atoms with E-state index in [1.54, 1.807) is 0 Å². The summed E-state index contributed by atoms with van der Waals surface area (Å²) in [5.74, 6) is 0. The minimum absolute atomic E-state index is 0.362. The smallest absolute Gasteiger partial charge is 0.634 e. The van der Waals surface area contributed by atoms with Crippen molar-refractivity contribution in [2.45, 2.75) is 0 Å². The molecule has 6 saturated heterocycles. The first-order valence-electron chi connectivity index (χ1n) is 14.5. The Kier molecular flexibility index (Phi) is 15.9. The second-order valence-electron chi connectivity index (χ2n) is 13.2. The summed E-state index contributed by atoms with van der Waals surface area (Å²) in [6, 6.07) is 0. The average molecular weight is 660 g/mol. The quantitative estimate of drug-likeness (QED) is 0.148. The molecule has 6 bridgehead atoms. The predicted molar refractivity (Wildman–Crippen MR) is 162 cm³/mol. The van der Waals surface area contributed by atoms with Gasteiger partial charge < -0.3 is 97.3 Å². The average Bonchev–Trinajstić information content (AvgIpc) is 2.84. The Labute approximate surface area is 273 Å². The number of fused-ring (bicyclic) bond motifs is 2. The van der Waals surface area contributed by atoms with Crippen molar-refractivity contribution in [2.75, 3.05) is 103 Å². The first kappa shape index (κ1) is 40.2. The van der Waals surface area contributed by atoms with E-state index in [2.05, 4.69) is 34.9 Å². The van der Waals surface area contributed by atoms with Crippen LogP contribution in [0.3, 0.4) is 0 Å². The van der Waals surface area contributed by atoms with Crippen molar-refractivity contribution in [1.82, 2.24) is 0 Å². The minimum Gasteiger partial charge on any atom is -0.833 e. The second-order valence-corrected chi connectivity index (χ2v) is 13.2. The van der Waals surface area contributed by atoms with Crippen molar-refractivity contribution >= 4 is 73.2 Å². The number of nitrogens with zero attached hydrogens (tertiary/aromatic N) is 3. The zero-order valence-corrected chi connectivity index (χ0v) is 27.8. The van der Waals surface area contributed by atoms with E-state index in [4.69, 9.17) is 65.1 Å². The molecule has 21 nitrogen and oxygen atoms in total. The number of hydrogen-bond acceptors (Lipinski definition) is 18. The van der Waals surface area contributed by atoms with Crippen LogP contribution in [0.2, 0.25) is 0 Å². The first-order chi connectivity index (χ1) is 21.3. The van der Waals surface area contributed by atoms with Crippen LogP contribution in [0.5, 0.6) is 0 Å². The predicted octanol–water partition coefficient (Wildman–Crippen LogP) is -6.41. The van der Waals surface area contributed by atoms with Gasteiger partial charge in [0.15, 0.2) is 0 Å². The van der Waals surface area contributed by atoms with Gasteiger partial charge in [0, 0.05) is 0 Å². The third-order valence-corrected chi connectivity index (χ3v) is 5.73. The molecule has 6 aliphatic heterocycles. The van der Waals surface area contributed by atoms with Crippen molar-refractivity contribution in [3.05, 3.63) is 0 Å². The molecule has 252 valence electrons. The molecule has 46 heavy (non-hydrogen) atoms. The lowest BCUT2D eigenvalue weighted by atomic mass is 9.86. The van der Waals surface area contributed by atoms with Crippen molar-refractivity contribution in [2.24, 2.45) is 0 Å². The summed E-state index contributed by atoms with van der Waals surface area (Å²) in [7, 11) is 7.26. The Balaban J connectivity index is 0.000000198. The summed E-state index contributed by atoms with van der Waals surface area (Å²) in [5.41, 5.74) is 0. The van der Waals surface area contributed by atoms with Gasteiger partial charge in [0.2, 0.25) is 0 Å². The van der Waals surface area contributed by atoms with Crippen LogP contribution in [-0.4, -0.2) is 200 Å². The van der Waals surface area contributed by atoms with Crippen LogP contribution in [0.1, 0.15) is 0 Å². The van der Waals surface area contributed by atoms with E-state index in [9.17, 15) is 5.02 Å². The van der Waals surface area contributed by atoms with Crippen LogP contribution < -0.4 is 5.02 Å². The minimum atomic E-state index is -1.66. The highest BCUT2D eigenvalue weighted by molar-refractivity contribution is 6.79. The highest BCUT2D eigenvalue weighted by Gasteiger charge is 2.59. The molecule has 6 fully saturated rings. The Bertz CT molecular complexity index is 849. The zero-order valence-electron chi connectivity index (χ0n) is 27.8. The Morgan fingerprint density at radius 2 is 0.761 bits per heavy atom. The van der Waals surface area contributed by atoms with E-state index in [1.165, 1.54) is 0 Å². The van der Waals surface area contributed by atoms with Gasteiger partial charge in [-0.05, 0) is 0 Å². The summed E-state index contributed by atoms with van der Waals surface area (Å²) in [4.78, 5) is 0. The fourth-order valence-electron chi connectivity index (χ4n) is 3.14. The molecular weight excluding hydrogens is 618 g/mol. The first-order valence-corrected chi connectivity index (χ1v) is 14.5. The van der Waals surface area contributed by atoms with Crippen LogP contribution in [0.15, 0.2) is 0 Å². The molecule has 6 heterocycles. The van der Waals surface area contributed by atoms with Gasteiger partial charge in [-0.1, -0.05) is 0 Å². The molecule has 6 rings (SSSR count). The standard InChI is InChI=1S/C5H13B5NO8.C5H13B4NO7.C5H15BNO3/c1-11(2,3)4-5-12-6-13-7-15-8(14-6)17-10-18-9(16-7)19-10;1-10(2,3)4-5-12-7-15-8-13-6(11)14-9(16-7)17-8;1-7(2,3)4-5-10-6(8)9/h4-5H2,1-3H3;4-5H2,1-3H3;8-9H,4-5H2,1-3H3/q+1;;+1. The number of hydrogen-bond donors (Lipinski definition) is 2. The maximum atomic E-state index is 10.9. The number of quaternary nitrogens is 3. The van der Waals surface area contributed by atoms with Crippen molar-refractivity contribution < 1.29 is 97.3 Å². The Morgan fingerprint density at radius 1 is 0.478 bits per heavy atom. The fraction of sp³-hybridized carbons (Fsp3) is 1.00. The number of likely N-dealkylation sites (N-methyl/N-ethyl adjacent to an activating group) is 3. The van der Waals surface area contributed by atoms with Gasteiger partial charge in [-0.25, -0.2) is 0 Å². The lowest BCUT2D eigenvalue weighted by Gasteiger charge is -2.38. The van der Waals surface area contributed by atoms with Crippen molar-refractivity contribution in [3.8, 4) is 0 Å². The summed E-state index contributed by atoms with van der Waals surface area (Å²) in [6.07, 6.45) is 0. The molecule has 0 aromatic rings. The molecule has 2 N–H and O–H groups in total. The highest BCUT2D eigenvalue weighted by atomic mass is 17.0. The van der Waals surface area contributed by atoms with E-state index < -0.39 is 73.2 Å². The van der Waals surface area contributed by atoms with E-state index in [0.717, 1.165) is 33.1 Å². The fourth-order valence-corrected chi connectivity index (χ4v) is 3.14. The van der Waals surface area contributed by atoms with E-state index in [0.29, 0.717) is 19.8 Å². The molecular formula is C15H41B10N3O18+2. The summed E-state index contributed by atoms with van der Waals surface area (Å²) in [5, 5.41) is 27.4. The maximum absolute atomic E-state index is 10.9. The molecule has 0 saturated carbocycles.